The van der Waals surface area contributed by atoms with E-state index >= 15 is 0 Å². The molecule has 16 nitrogen and oxygen atoms in total. The number of aliphatic hydroxyl groups is 3. The molecule has 5 fully saturated rings. The van der Waals surface area contributed by atoms with Crippen molar-refractivity contribution in [3.8, 4) is 0 Å². The zero-order chi connectivity index (χ0) is 53.9. The molecule has 4 saturated heterocycles. The highest BCUT2D eigenvalue weighted by atomic mass is 35.5. The maximum atomic E-state index is 14.7. The van der Waals surface area contributed by atoms with Crippen molar-refractivity contribution in [2.45, 2.75) is 192 Å². The highest BCUT2D eigenvalue weighted by molar-refractivity contribution is 6.39. The van der Waals surface area contributed by atoms with Crippen LogP contribution in [-0.4, -0.2) is 144 Å². The van der Waals surface area contributed by atoms with E-state index in [0.717, 1.165) is 5.57 Å². The van der Waals surface area contributed by atoms with Gasteiger partial charge in [-0.3, -0.25) is 24.0 Å². The van der Waals surface area contributed by atoms with Crippen molar-refractivity contribution in [3.05, 3.63) is 51.5 Å². The van der Waals surface area contributed by atoms with Gasteiger partial charge in [-0.25, -0.2) is 9.86 Å². The summed E-state index contributed by atoms with van der Waals surface area (Å²) >= 11 is 13.7. The number of hydrogen-bond donors (Lipinski definition) is 3. The second-order valence-electron chi connectivity index (χ2n) is 22.4. The minimum Gasteiger partial charge on any atom is -0.460 e. The SMILES string of the molecule is CO[C@H]1C[C@@H]2CC[C@@H](C)[C@@](O)(O2)C(=O)C(=O)N2CCCC3[C@H]2C(=O)O[C@@H](CC(=O)[C@H](C)/C=C(\C)[C@@H](O)[C@@H](OC)C(=O)[C@H](C)C[C@H](C)C2CCC(C=C1C)ON2c1c(Cl)cccc1Cl)[C@H]3C[C@@H]1CC[C@@H](O)[C@H](OC)C1. The van der Waals surface area contributed by atoms with Crippen molar-refractivity contribution in [2.75, 3.05) is 32.9 Å². The third kappa shape index (κ3) is 12.5. The number of para-hydroxylation sites is 1. The Morgan fingerprint density at radius 3 is 2.22 bits per heavy atom. The first-order valence-corrected chi connectivity index (χ1v) is 27.6. The van der Waals surface area contributed by atoms with Crippen LogP contribution in [0.15, 0.2) is 41.5 Å². The number of nitrogens with zero attached hydrogens (tertiary/aromatic N) is 2. The zero-order valence-corrected chi connectivity index (χ0v) is 46.1. The molecule has 1 saturated carbocycles. The van der Waals surface area contributed by atoms with Crippen molar-refractivity contribution >= 4 is 58.1 Å². The van der Waals surface area contributed by atoms with E-state index in [0.29, 0.717) is 91.9 Å². The van der Waals surface area contributed by atoms with E-state index in [2.05, 4.69) is 0 Å². The average molecular weight is 1080 g/mol. The highest BCUT2D eigenvalue weighted by Crippen LogP contribution is 2.46. The lowest BCUT2D eigenvalue weighted by Gasteiger charge is -2.50. The van der Waals surface area contributed by atoms with Gasteiger partial charge in [-0.2, -0.15) is 0 Å². The maximum Gasteiger partial charge on any atom is 0.329 e. The molecule has 3 unspecified atom stereocenters. The second kappa shape index (κ2) is 25.0. The van der Waals surface area contributed by atoms with Crippen molar-refractivity contribution in [1.82, 2.24) is 4.90 Å². The molecule has 1 aromatic rings. The number of hydrogen-bond acceptors (Lipinski definition) is 15. The van der Waals surface area contributed by atoms with Crippen LogP contribution in [0.5, 0.6) is 0 Å². The Bertz CT molecular complexity index is 2240. The Labute approximate surface area is 446 Å². The lowest BCUT2D eigenvalue weighted by molar-refractivity contribution is -0.266. The fourth-order valence-corrected chi connectivity index (χ4v) is 13.6. The number of amides is 1. The summed E-state index contributed by atoms with van der Waals surface area (Å²) in [7, 11) is 4.50. The summed E-state index contributed by atoms with van der Waals surface area (Å²) in [4.78, 5) is 80.3. The number of halogens is 2. The standard InChI is InChI=1S/C56H80Cl2N2O14/c1-29-22-32(4)50(63)52(71-9)51(64)33(5)23-30(2)44(62)28-46-39(25-35-16-20-43(61)47(26-35)70-8)38-12-11-21-59(48(38)55(67)72-46)54(66)53(65)56(68)34(6)15-17-36(73-56)27-45(69-7)31(3)24-37-18-19-42(29)60(74-37)49-40(57)13-10-14-41(49)58/h10,13-14,23-24,29-30,32,34-39,42-43,45-48,51-52,61,64,68H,11-12,15-22,25-28H2,1-9H3/b31-24?,33-23+/t29-,30+,32+,34+,35-,36-,37?,38?,39-,42?,43+,45-,46-,47+,48-,51+,52-,56+/m0/s1. The number of carbonyl (C=O) groups is 5. The summed E-state index contributed by atoms with van der Waals surface area (Å²) in [5.41, 5.74) is 1.66. The molecule has 1 amide bonds. The Kier molecular flexibility index (Phi) is 19.7. The predicted molar refractivity (Wildman–Crippen MR) is 277 cm³/mol. The predicted octanol–water partition coefficient (Wildman–Crippen LogP) is 7.56. The number of methoxy groups -OCH3 is 3. The topological polar surface area (TPSA) is 208 Å². The number of carbonyl (C=O) groups excluding carboxylic acids is 5. The molecule has 8 aliphatic heterocycles. The summed E-state index contributed by atoms with van der Waals surface area (Å²) in [6, 6.07) is 3.79. The molecule has 0 aromatic heterocycles. The monoisotopic (exact) mass is 1070 g/mol. The molecule has 1 aromatic carbocycles. The van der Waals surface area contributed by atoms with Gasteiger partial charge in [-0.15, -0.1) is 0 Å². The molecule has 0 spiro atoms. The van der Waals surface area contributed by atoms with Crippen LogP contribution >= 0.6 is 23.2 Å². The molecule has 18 atom stereocenters. The molecule has 10 rings (SSSR count). The average Bonchev–Trinajstić information content (AvgIpc) is 3.37. The van der Waals surface area contributed by atoms with Gasteiger partial charge in [0.15, 0.2) is 5.78 Å². The van der Waals surface area contributed by atoms with Gasteiger partial charge in [0.05, 0.1) is 40.5 Å². The molecule has 3 N–H and O–H groups in total. The highest BCUT2D eigenvalue weighted by Gasteiger charge is 2.57. The van der Waals surface area contributed by atoms with Crippen LogP contribution in [-0.2, 0) is 52.5 Å². The Hall–Kier alpha value is -3.29. The van der Waals surface area contributed by atoms with Crippen LogP contribution in [0.4, 0.5) is 5.69 Å². The number of ether oxygens (including phenoxy) is 5. The van der Waals surface area contributed by atoms with E-state index in [1.54, 1.807) is 64.3 Å². The van der Waals surface area contributed by atoms with Gasteiger partial charge in [0.1, 0.15) is 41.9 Å². The number of ketones is 3. The lowest BCUT2D eigenvalue weighted by Crippen LogP contribution is -2.65. The fourth-order valence-electron chi connectivity index (χ4n) is 13.0. The Morgan fingerprint density at radius 2 is 1.54 bits per heavy atom. The summed E-state index contributed by atoms with van der Waals surface area (Å²) in [5, 5.41) is 37.2. The first kappa shape index (κ1) is 58.4. The summed E-state index contributed by atoms with van der Waals surface area (Å²) in [5.74, 6) is -9.14. The molecular formula is C56H80Cl2N2O14. The number of aliphatic hydroxyl groups excluding tert-OH is 2. The molecule has 1 aliphatic carbocycles. The van der Waals surface area contributed by atoms with E-state index in [9.17, 15) is 39.3 Å². The second-order valence-corrected chi connectivity index (χ2v) is 23.2. The van der Waals surface area contributed by atoms with Gasteiger partial charge in [0.25, 0.3) is 11.7 Å². The van der Waals surface area contributed by atoms with Crippen LogP contribution in [0, 0.1) is 41.4 Å². The van der Waals surface area contributed by atoms with Gasteiger partial charge in [-0.1, -0.05) is 69.1 Å². The molecule has 9 aliphatic rings. The van der Waals surface area contributed by atoms with E-state index in [1.165, 1.54) is 12.0 Å². The molecule has 74 heavy (non-hydrogen) atoms. The summed E-state index contributed by atoms with van der Waals surface area (Å²) < 4.78 is 29.9. The third-order valence-corrected chi connectivity index (χ3v) is 18.1. The van der Waals surface area contributed by atoms with E-state index in [1.807, 2.05) is 26.8 Å². The van der Waals surface area contributed by atoms with Crippen LogP contribution in [0.3, 0.4) is 0 Å². The number of esters is 1. The van der Waals surface area contributed by atoms with Crippen molar-refractivity contribution in [2.24, 2.45) is 41.4 Å². The molecule has 0 radical (unpaired) electrons. The van der Waals surface area contributed by atoms with Crippen LogP contribution in [0.2, 0.25) is 10.0 Å². The number of hydroxylamine groups is 1. The first-order chi connectivity index (χ1) is 35.1. The van der Waals surface area contributed by atoms with Crippen molar-refractivity contribution in [3.63, 3.8) is 0 Å². The van der Waals surface area contributed by atoms with Crippen molar-refractivity contribution < 1.29 is 67.8 Å². The Balaban J connectivity index is 1.24. The van der Waals surface area contributed by atoms with Crippen molar-refractivity contribution in [1.29, 1.82) is 0 Å². The number of piperidine rings is 1. The zero-order valence-electron chi connectivity index (χ0n) is 44.6. The minimum atomic E-state index is -2.50. The quantitative estimate of drug-likeness (QED) is 0.143. The van der Waals surface area contributed by atoms with E-state index in [4.69, 9.17) is 51.7 Å². The van der Waals surface area contributed by atoms with Crippen LogP contribution < -0.4 is 5.06 Å². The number of anilines is 1. The van der Waals surface area contributed by atoms with E-state index in [-0.39, 0.29) is 48.8 Å². The van der Waals surface area contributed by atoms with E-state index < -0.39 is 108 Å². The molecule has 412 valence electrons. The number of Topliss-reactive ketones (excluding diaryl/α,β-unsaturated/α-hetero) is 3. The first-order valence-electron chi connectivity index (χ1n) is 26.9. The smallest absolute Gasteiger partial charge is 0.329 e. The van der Waals surface area contributed by atoms with Crippen LogP contribution in [0.25, 0.3) is 0 Å². The van der Waals surface area contributed by atoms with Gasteiger partial charge in [0, 0.05) is 64.4 Å². The number of allylic oxidation sites excluding steroid dienone is 1. The lowest BCUT2D eigenvalue weighted by atomic mass is 9.68. The molecular weight excluding hydrogens is 996 g/mol. The minimum absolute atomic E-state index is 0.0316. The summed E-state index contributed by atoms with van der Waals surface area (Å²) in [6.07, 6.45) is 3.07. The Morgan fingerprint density at radius 1 is 0.824 bits per heavy atom. The van der Waals surface area contributed by atoms with Gasteiger partial charge < -0.3 is 43.9 Å². The largest absolute Gasteiger partial charge is 0.460 e. The van der Waals surface area contributed by atoms with Gasteiger partial charge in [-0.05, 0) is 126 Å². The third-order valence-electron chi connectivity index (χ3n) is 17.5. The van der Waals surface area contributed by atoms with Gasteiger partial charge in [0.2, 0.25) is 5.79 Å². The molecule has 8 bridgehead atoms. The van der Waals surface area contributed by atoms with Gasteiger partial charge >= 0.3 is 5.97 Å². The fraction of sp³-hybridized carbons (Fsp3) is 0.732. The maximum absolute atomic E-state index is 14.7. The summed E-state index contributed by atoms with van der Waals surface area (Å²) in [6.45, 7) is 10.8. The number of rotatable bonds is 6. The number of benzene rings is 1. The molecule has 8 heterocycles. The molecule has 18 heteroatoms. The van der Waals surface area contributed by atoms with Crippen LogP contribution in [0.1, 0.15) is 125 Å². The normalized spacial score (nSPS) is 40.4.